The first-order valence-electron chi connectivity index (χ1n) is 9.89. The summed E-state index contributed by atoms with van der Waals surface area (Å²) in [4.78, 5) is 12.8. The molecule has 1 aromatic carbocycles. The molecule has 0 saturated carbocycles. The minimum atomic E-state index is -3.65. The van der Waals surface area contributed by atoms with Gasteiger partial charge in [-0.25, -0.2) is 13.4 Å². The number of hydrogen-bond acceptors (Lipinski definition) is 8. The van der Waals surface area contributed by atoms with E-state index >= 15 is 0 Å². The van der Waals surface area contributed by atoms with Gasteiger partial charge < -0.3 is 9.26 Å². The van der Waals surface area contributed by atoms with Gasteiger partial charge in [-0.05, 0) is 37.8 Å². The van der Waals surface area contributed by atoms with Crippen molar-refractivity contribution in [2.45, 2.75) is 31.1 Å². The Kier molecular flexibility index (Phi) is 6.05. The van der Waals surface area contributed by atoms with Crippen molar-refractivity contribution in [3.05, 3.63) is 48.7 Å². The fourth-order valence-corrected chi connectivity index (χ4v) is 5.28. The zero-order chi connectivity index (χ0) is 21.0. The number of hydrogen-bond donors (Lipinski definition) is 0. The fraction of sp³-hybridized carbons (Fsp3) is 0.400. The zero-order valence-electron chi connectivity index (χ0n) is 16.6. The second-order valence-electron chi connectivity index (χ2n) is 7.06. The van der Waals surface area contributed by atoms with Gasteiger partial charge in [-0.2, -0.15) is 9.29 Å². The van der Waals surface area contributed by atoms with Gasteiger partial charge in [0.1, 0.15) is 16.3 Å². The molecule has 158 valence electrons. The molecule has 1 aliphatic rings. The first-order valence-corrected chi connectivity index (χ1v) is 11.3. The Balaban J connectivity index is 1.48. The van der Waals surface area contributed by atoms with Crippen LogP contribution < -0.4 is 4.74 Å². The van der Waals surface area contributed by atoms with Crippen LogP contribution in [-0.2, 0) is 16.4 Å². The lowest BCUT2D eigenvalue weighted by Gasteiger charge is -2.31. The molecular weight excluding hydrogens is 406 g/mol. The molecule has 0 aliphatic carbocycles. The predicted molar refractivity (Wildman–Crippen MR) is 108 cm³/mol. The summed E-state index contributed by atoms with van der Waals surface area (Å²) in [6, 6.07) is 6.76. The van der Waals surface area contributed by atoms with Gasteiger partial charge in [0.2, 0.25) is 21.7 Å². The molecule has 30 heavy (non-hydrogen) atoms. The van der Waals surface area contributed by atoms with Crippen LogP contribution in [0.2, 0.25) is 0 Å². The average molecular weight is 430 g/mol. The molecule has 0 bridgehead atoms. The Bertz CT molecular complexity index is 1090. The highest BCUT2D eigenvalue weighted by Crippen LogP contribution is 2.30. The van der Waals surface area contributed by atoms with E-state index < -0.39 is 10.0 Å². The van der Waals surface area contributed by atoms with Crippen molar-refractivity contribution in [2.24, 2.45) is 5.92 Å². The maximum atomic E-state index is 13.2. The molecule has 0 N–H and O–H groups in total. The van der Waals surface area contributed by atoms with E-state index in [1.807, 2.05) is 6.92 Å². The van der Waals surface area contributed by atoms with Crippen LogP contribution in [0.15, 0.2) is 52.3 Å². The van der Waals surface area contributed by atoms with Crippen molar-refractivity contribution in [1.82, 2.24) is 24.4 Å². The highest BCUT2D eigenvalue weighted by Gasteiger charge is 2.33. The molecule has 1 aliphatic heterocycles. The quantitative estimate of drug-likeness (QED) is 0.563. The normalized spacial score (nSPS) is 17.7. The van der Waals surface area contributed by atoms with Crippen LogP contribution in [0.25, 0.3) is 11.5 Å². The number of sulfonamides is 1. The summed E-state index contributed by atoms with van der Waals surface area (Å²) in [6.07, 6.45) is 6.88. The molecule has 2 aromatic heterocycles. The van der Waals surface area contributed by atoms with Crippen LogP contribution in [0.4, 0.5) is 0 Å². The van der Waals surface area contributed by atoms with Crippen LogP contribution in [0.5, 0.6) is 5.75 Å². The van der Waals surface area contributed by atoms with Crippen LogP contribution in [-0.4, -0.2) is 52.5 Å². The monoisotopic (exact) mass is 429 g/mol. The average Bonchev–Trinajstić information content (AvgIpc) is 3.24. The van der Waals surface area contributed by atoms with Crippen molar-refractivity contribution in [1.29, 1.82) is 0 Å². The first-order chi connectivity index (χ1) is 14.6. The molecule has 0 amide bonds. The summed E-state index contributed by atoms with van der Waals surface area (Å²) in [5.74, 6) is 1.31. The van der Waals surface area contributed by atoms with E-state index in [2.05, 4.69) is 20.1 Å². The molecular formula is C20H23N5O4S. The van der Waals surface area contributed by atoms with Gasteiger partial charge in [-0.3, -0.25) is 4.98 Å². The van der Waals surface area contributed by atoms with E-state index in [-0.39, 0.29) is 10.8 Å². The number of benzene rings is 1. The van der Waals surface area contributed by atoms with Crippen LogP contribution >= 0.6 is 0 Å². The Morgan fingerprint density at radius 1 is 1.27 bits per heavy atom. The third-order valence-corrected chi connectivity index (χ3v) is 6.88. The van der Waals surface area contributed by atoms with E-state index in [9.17, 15) is 8.42 Å². The van der Waals surface area contributed by atoms with E-state index in [1.165, 1.54) is 4.31 Å². The maximum Gasteiger partial charge on any atom is 0.246 e. The van der Waals surface area contributed by atoms with E-state index in [1.54, 1.807) is 42.9 Å². The van der Waals surface area contributed by atoms with Gasteiger partial charge in [0.15, 0.2) is 0 Å². The lowest BCUT2D eigenvalue weighted by molar-refractivity contribution is 0.246. The fourth-order valence-electron chi connectivity index (χ4n) is 3.59. The Morgan fingerprint density at radius 2 is 2.13 bits per heavy atom. The molecule has 10 heteroatoms. The topological polar surface area (TPSA) is 111 Å². The Morgan fingerprint density at radius 3 is 2.93 bits per heavy atom. The number of para-hydroxylation sites is 1. The molecule has 1 saturated heterocycles. The summed E-state index contributed by atoms with van der Waals surface area (Å²) in [5.41, 5.74) is 0.535. The first kappa shape index (κ1) is 20.4. The summed E-state index contributed by atoms with van der Waals surface area (Å²) < 4.78 is 38.9. The van der Waals surface area contributed by atoms with Crippen molar-refractivity contribution < 1.29 is 17.7 Å². The highest BCUT2D eigenvalue weighted by molar-refractivity contribution is 7.89. The van der Waals surface area contributed by atoms with Gasteiger partial charge in [0.05, 0.1) is 12.8 Å². The molecule has 3 heterocycles. The van der Waals surface area contributed by atoms with E-state index in [4.69, 9.17) is 9.26 Å². The molecule has 9 nitrogen and oxygen atoms in total. The second kappa shape index (κ2) is 8.88. The van der Waals surface area contributed by atoms with Crippen molar-refractivity contribution >= 4 is 10.0 Å². The van der Waals surface area contributed by atoms with E-state index in [0.717, 1.165) is 12.8 Å². The Labute approximate surface area is 175 Å². The molecule has 1 fully saturated rings. The standard InChI is InChI=1S/C20H23N5O4S/c1-2-28-17-7-3-4-8-18(17)30(26,27)25-11-5-6-15(14-25)12-19-23-20(24-29-19)16-13-21-9-10-22-16/h3-4,7-10,13,15H,2,5-6,11-12,14H2,1H3. The smallest absolute Gasteiger partial charge is 0.246 e. The van der Waals surface area contributed by atoms with Crippen LogP contribution in [0.3, 0.4) is 0 Å². The summed E-state index contributed by atoms with van der Waals surface area (Å²) in [6.45, 7) is 3.11. The van der Waals surface area contributed by atoms with Gasteiger partial charge in [0, 0.05) is 31.9 Å². The Hall–Kier alpha value is -2.85. The van der Waals surface area contributed by atoms with Gasteiger partial charge >= 0.3 is 0 Å². The third-order valence-electron chi connectivity index (χ3n) is 4.97. The zero-order valence-corrected chi connectivity index (χ0v) is 17.5. The summed E-state index contributed by atoms with van der Waals surface area (Å²) in [5, 5.41) is 3.96. The second-order valence-corrected chi connectivity index (χ2v) is 8.96. The van der Waals surface area contributed by atoms with Gasteiger partial charge in [-0.15, -0.1) is 0 Å². The minimum absolute atomic E-state index is 0.0861. The molecule has 0 spiro atoms. The maximum absolute atomic E-state index is 13.2. The van der Waals surface area contributed by atoms with Crippen molar-refractivity contribution in [2.75, 3.05) is 19.7 Å². The lowest BCUT2D eigenvalue weighted by Crippen LogP contribution is -2.40. The summed E-state index contributed by atoms with van der Waals surface area (Å²) >= 11 is 0. The molecule has 3 aromatic rings. The molecule has 1 atom stereocenters. The molecule has 1 unspecified atom stereocenters. The van der Waals surface area contributed by atoms with E-state index in [0.29, 0.717) is 49.3 Å². The van der Waals surface area contributed by atoms with Gasteiger partial charge in [0.25, 0.3) is 0 Å². The van der Waals surface area contributed by atoms with Gasteiger partial charge in [-0.1, -0.05) is 17.3 Å². The van der Waals surface area contributed by atoms with Crippen molar-refractivity contribution in [3.63, 3.8) is 0 Å². The third kappa shape index (κ3) is 4.34. The van der Waals surface area contributed by atoms with Crippen LogP contribution in [0, 0.1) is 5.92 Å². The lowest BCUT2D eigenvalue weighted by atomic mass is 9.96. The highest BCUT2D eigenvalue weighted by atomic mass is 32.2. The number of rotatable bonds is 7. The molecule has 0 radical (unpaired) electrons. The number of aromatic nitrogens is 4. The minimum Gasteiger partial charge on any atom is -0.492 e. The number of ether oxygens (including phenoxy) is 1. The molecule has 4 rings (SSSR count). The van der Waals surface area contributed by atoms with Crippen molar-refractivity contribution in [3.8, 4) is 17.3 Å². The number of nitrogens with zero attached hydrogens (tertiary/aromatic N) is 5. The SMILES string of the molecule is CCOc1ccccc1S(=O)(=O)N1CCCC(Cc2nc(-c3cnccn3)no2)C1. The predicted octanol–water partition coefficient (Wildman–Crippen LogP) is 2.57. The largest absolute Gasteiger partial charge is 0.492 e. The summed E-state index contributed by atoms with van der Waals surface area (Å²) in [7, 11) is -3.65. The number of piperidine rings is 1. The van der Waals surface area contributed by atoms with Crippen LogP contribution in [0.1, 0.15) is 25.7 Å².